The van der Waals surface area contributed by atoms with Gasteiger partial charge in [0.15, 0.2) is 23.2 Å². The van der Waals surface area contributed by atoms with Crippen LogP contribution in [0.4, 0.5) is 11.4 Å². The van der Waals surface area contributed by atoms with E-state index in [-0.39, 0.29) is 23.2 Å². The maximum atomic E-state index is 13.2. The molecule has 188 valence electrons. The van der Waals surface area contributed by atoms with E-state index in [0.29, 0.717) is 38.6 Å². The van der Waals surface area contributed by atoms with E-state index in [9.17, 15) is 14.4 Å². The number of carbonyl (C=O) groups excluding carboxylic acids is 3. The van der Waals surface area contributed by atoms with Crippen molar-refractivity contribution in [3.8, 4) is 11.5 Å². The van der Waals surface area contributed by atoms with Crippen LogP contribution < -0.4 is 25.0 Å². The highest BCUT2D eigenvalue weighted by molar-refractivity contribution is 14.1. The maximum Gasteiger partial charge on any atom is 0.270 e. The van der Waals surface area contributed by atoms with E-state index < -0.39 is 11.8 Å². The predicted octanol–water partition coefficient (Wildman–Crippen LogP) is 4.54. The molecular formula is C27H22IN3O5S. The smallest absolute Gasteiger partial charge is 0.270 e. The molecule has 0 unspecified atom stereocenters. The fraction of sp³-hybridized carbons (Fsp3) is 0.111. The highest BCUT2D eigenvalue weighted by Gasteiger charge is 2.34. The van der Waals surface area contributed by atoms with Gasteiger partial charge in [-0.2, -0.15) is 0 Å². The third-order valence-corrected chi connectivity index (χ3v) is 6.25. The van der Waals surface area contributed by atoms with Gasteiger partial charge in [-0.3, -0.25) is 24.6 Å². The molecule has 0 aliphatic carbocycles. The highest BCUT2D eigenvalue weighted by Crippen LogP contribution is 2.35. The summed E-state index contributed by atoms with van der Waals surface area (Å²) in [5, 5.41) is 5.35. The van der Waals surface area contributed by atoms with E-state index in [2.05, 4.69) is 33.2 Å². The molecule has 1 aliphatic rings. The minimum atomic E-state index is -0.590. The van der Waals surface area contributed by atoms with Gasteiger partial charge in [0, 0.05) is 5.69 Å². The molecule has 1 heterocycles. The predicted molar refractivity (Wildman–Crippen MR) is 154 cm³/mol. The number of hydrogen-bond donors (Lipinski definition) is 2. The fourth-order valence-electron chi connectivity index (χ4n) is 3.57. The van der Waals surface area contributed by atoms with E-state index in [4.69, 9.17) is 21.7 Å². The van der Waals surface area contributed by atoms with Gasteiger partial charge in [-0.1, -0.05) is 36.4 Å². The number of carbonyl (C=O) groups is 3. The molecule has 1 aliphatic heterocycles. The normalized spacial score (nSPS) is 14.4. The van der Waals surface area contributed by atoms with Crippen LogP contribution in [0.3, 0.4) is 0 Å². The van der Waals surface area contributed by atoms with Crippen molar-refractivity contribution in [2.75, 3.05) is 23.4 Å². The minimum absolute atomic E-state index is 0.0143. The quantitative estimate of drug-likeness (QED) is 0.165. The van der Waals surface area contributed by atoms with Gasteiger partial charge in [-0.15, -0.1) is 0 Å². The van der Waals surface area contributed by atoms with E-state index in [0.717, 1.165) is 0 Å². The first-order chi connectivity index (χ1) is 17.9. The van der Waals surface area contributed by atoms with Crippen molar-refractivity contribution in [3.63, 3.8) is 0 Å². The molecule has 1 fully saturated rings. The average molecular weight is 627 g/mol. The number of anilines is 2. The van der Waals surface area contributed by atoms with Crippen LogP contribution in [0.5, 0.6) is 11.5 Å². The van der Waals surface area contributed by atoms with Crippen molar-refractivity contribution < 1.29 is 23.9 Å². The maximum absolute atomic E-state index is 13.2. The van der Waals surface area contributed by atoms with Crippen molar-refractivity contribution in [3.05, 3.63) is 87.5 Å². The van der Waals surface area contributed by atoms with Gasteiger partial charge in [0.05, 0.1) is 15.9 Å². The Morgan fingerprint density at radius 2 is 1.73 bits per heavy atom. The summed E-state index contributed by atoms with van der Waals surface area (Å²) in [4.78, 5) is 39.6. The molecular weight excluding hydrogens is 605 g/mol. The molecule has 8 nitrogen and oxygen atoms in total. The number of amides is 3. The topological polar surface area (TPSA) is 97.0 Å². The lowest BCUT2D eigenvalue weighted by Gasteiger charge is -2.28. The van der Waals surface area contributed by atoms with E-state index in [1.165, 1.54) is 11.0 Å². The summed E-state index contributed by atoms with van der Waals surface area (Å²) in [5.41, 5.74) is 1.68. The van der Waals surface area contributed by atoms with E-state index in [1.54, 1.807) is 48.5 Å². The van der Waals surface area contributed by atoms with Gasteiger partial charge < -0.3 is 14.8 Å². The van der Waals surface area contributed by atoms with Gasteiger partial charge in [-0.05, 0) is 89.8 Å². The Morgan fingerprint density at radius 3 is 2.41 bits per heavy atom. The zero-order valence-electron chi connectivity index (χ0n) is 19.7. The molecule has 3 aromatic carbocycles. The second-order valence-electron chi connectivity index (χ2n) is 7.76. The summed E-state index contributed by atoms with van der Waals surface area (Å²) in [5.74, 6) is -0.678. The molecule has 1 saturated heterocycles. The lowest BCUT2D eigenvalue weighted by Crippen LogP contribution is -2.54. The number of rotatable bonds is 8. The number of benzene rings is 3. The number of nitrogens with one attached hydrogen (secondary N) is 2. The lowest BCUT2D eigenvalue weighted by atomic mass is 10.1. The first-order valence-electron chi connectivity index (χ1n) is 11.3. The number of para-hydroxylation sites is 2. The Bertz CT molecular complexity index is 1380. The van der Waals surface area contributed by atoms with Crippen LogP contribution in [0, 0.1) is 3.57 Å². The second kappa shape index (κ2) is 12.0. The zero-order chi connectivity index (χ0) is 26.4. The molecule has 0 spiro atoms. The number of ether oxygens (including phenoxy) is 2. The van der Waals surface area contributed by atoms with Crippen LogP contribution in [-0.2, 0) is 14.4 Å². The summed E-state index contributed by atoms with van der Waals surface area (Å²) in [7, 11) is 0. The minimum Gasteiger partial charge on any atom is -0.490 e. The van der Waals surface area contributed by atoms with Crippen molar-refractivity contribution in [2.24, 2.45) is 0 Å². The Kier molecular flexibility index (Phi) is 8.51. The Balaban J connectivity index is 1.58. The zero-order valence-corrected chi connectivity index (χ0v) is 22.7. The van der Waals surface area contributed by atoms with Gasteiger partial charge in [0.1, 0.15) is 5.57 Å². The van der Waals surface area contributed by atoms with Gasteiger partial charge in [0.2, 0.25) is 0 Å². The summed E-state index contributed by atoms with van der Waals surface area (Å²) in [6.45, 7) is 1.94. The average Bonchev–Trinajstić information content (AvgIpc) is 2.87. The van der Waals surface area contributed by atoms with E-state index >= 15 is 0 Å². The molecule has 4 rings (SSSR count). The van der Waals surface area contributed by atoms with Crippen LogP contribution in [0.1, 0.15) is 12.5 Å². The molecule has 0 radical (unpaired) electrons. The van der Waals surface area contributed by atoms with Crippen molar-refractivity contribution in [1.29, 1.82) is 0 Å². The van der Waals surface area contributed by atoms with Crippen LogP contribution >= 0.6 is 34.8 Å². The van der Waals surface area contributed by atoms with Crippen molar-refractivity contribution >= 4 is 75.1 Å². The molecule has 2 N–H and O–H groups in total. The van der Waals surface area contributed by atoms with Crippen LogP contribution in [0.15, 0.2) is 78.4 Å². The van der Waals surface area contributed by atoms with Crippen molar-refractivity contribution in [2.45, 2.75) is 6.92 Å². The SMILES string of the molecule is CCOc1cc(/C=C2/C(=O)NC(=S)N(c3ccccc3)C2=O)cc(I)c1OCC(=O)Nc1ccccc1. The Labute approximate surface area is 232 Å². The largest absolute Gasteiger partial charge is 0.490 e. The number of nitrogens with zero attached hydrogens (tertiary/aromatic N) is 1. The highest BCUT2D eigenvalue weighted by atomic mass is 127. The van der Waals surface area contributed by atoms with E-state index in [1.807, 2.05) is 31.2 Å². The molecule has 0 aromatic heterocycles. The summed E-state index contributed by atoms with van der Waals surface area (Å²) in [6.07, 6.45) is 1.48. The van der Waals surface area contributed by atoms with Gasteiger partial charge in [0.25, 0.3) is 17.7 Å². The molecule has 0 saturated carbocycles. The molecule has 3 amide bonds. The monoisotopic (exact) mass is 627 g/mol. The second-order valence-corrected chi connectivity index (χ2v) is 9.31. The first-order valence-corrected chi connectivity index (χ1v) is 12.8. The van der Waals surface area contributed by atoms with Crippen LogP contribution in [0.2, 0.25) is 0 Å². The summed E-state index contributed by atoms with van der Waals surface area (Å²) in [6, 6.07) is 21.3. The molecule has 10 heteroatoms. The molecule has 37 heavy (non-hydrogen) atoms. The number of halogens is 1. The fourth-order valence-corrected chi connectivity index (χ4v) is 4.63. The van der Waals surface area contributed by atoms with Gasteiger partial charge in [-0.25, -0.2) is 0 Å². The number of hydrogen-bond acceptors (Lipinski definition) is 6. The van der Waals surface area contributed by atoms with Crippen LogP contribution in [0.25, 0.3) is 6.08 Å². The van der Waals surface area contributed by atoms with Gasteiger partial charge >= 0.3 is 0 Å². The van der Waals surface area contributed by atoms with Crippen molar-refractivity contribution in [1.82, 2.24) is 5.32 Å². The summed E-state index contributed by atoms with van der Waals surface area (Å²) >= 11 is 7.30. The number of thiocarbonyl (C=S) groups is 1. The molecule has 3 aromatic rings. The third kappa shape index (κ3) is 6.33. The standard InChI is InChI=1S/C27H22IN3O5S/c1-2-35-22-15-17(14-21(28)24(22)36-16-23(32)29-18-9-5-3-6-10-18)13-20-25(33)30-27(37)31(26(20)34)19-11-7-4-8-12-19/h3-15H,2,16H2,1H3,(H,29,32)(H,30,33,37)/b20-13-. The van der Waals surface area contributed by atoms with Crippen LogP contribution in [-0.4, -0.2) is 36.0 Å². The molecule has 0 atom stereocenters. The Hall–Kier alpha value is -3.77. The first kappa shape index (κ1) is 26.3. The third-order valence-electron chi connectivity index (χ3n) is 5.16. The summed E-state index contributed by atoms with van der Waals surface area (Å²) < 4.78 is 12.2. The lowest BCUT2D eigenvalue weighted by molar-refractivity contribution is -0.122. The Morgan fingerprint density at radius 1 is 1.05 bits per heavy atom. The molecule has 0 bridgehead atoms.